The van der Waals surface area contributed by atoms with E-state index in [1.165, 1.54) is 22.4 Å². The first-order chi connectivity index (χ1) is 11.3. The second kappa shape index (κ2) is 4.93. The predicted octanol–water partition coefficient (Wildman–Crippen LogP) is 2.27. The minimum absolute atomic E-state index is 0.258. The van der Waals surface area contributed by atoms with Crippen LogP contribution in [0.2, 0.25) is 0 Å². The van der Waals surface area contributed by atoms with Crippen molar-refractivity contribution in [2.75, 3.05) is 6.26 Å². The third-order valence-electron chi connectivity index (χ3n) is 4.88. The van der Waals surface area contributed by atoms with Crippen molar-refractivity contribution < 1.29 is 0 Å². The molecule has 0 amide bonds. The molecule has 1 aromatic carbocycles. The van der Waals surface area contributed by atoms with E-state index in [1.807, 2.05) is 18.6 Å². The molecule has 5 heteroatoms. The summed E-state index contributed by atoms with van der Waals surface area (Å²) in [7, 11) is 0. The van der Waals surface area contributed by atoms with Gasteiger partial charge in [0.2, 0.25) is 0 Å². The van der Waals surface area contributed by atoms with Gasteiger partial charge in [0.25, 0.3) is 0 Å². The molecule has 0 saturated heterocycles. The first-order valence-electron chi connectivity index (χ1n) is 7.90. The first-order valence-corrected chi connectivity index (χ1v) is 9.13. The van der Waals surface area contributed by atoms with Crippen molar-refractivity contribution in [1.82, 2.24) is 19.7 Å². The number of hydrogen-bond acceptors (Lipinski definition) is 4. The molecule has 0 saturated carbocycles. The van der Waals surface area contributed by atoms with E-state index in [-0.39, 0.29) is 6.04 Å². The Morgan fingerprint density at radius 1 is 1.26 bits per heavy atom. The molecule has 4 nitrogen and oxygen atoms in total. The first kappa shape index (κ1) is 13.3. The maximum atomic E-state index is 4.70. The molecule has 0 bridgehead atoms. The van der Waals surface area contributed by atoms with Crippen LogP contribution in [0.25, 0.3) is 22.7 Å². The summed E-state index contributed by atoms with van der Waals surface area (Å²) in [5.41, 5.74) is 3.91. The molecule has 2 aliphatic rings. The van der Waals surface area contributed by atoms with Crippen molar-refractivity contribution in [3.63, 3.8) is 0 Å². The Hall–Kier alpha value is -2.14. The molecule has 0 spiro atoms. The van der Waals surface area contributed by atoms with Gasteiger partial charge in [0.05, 0.1) is 17.6 Å². The minimum atomic E-state index is 0.258. The molecule has 0 aliphatic heterocycles. The summed E-state index contributed by atoms with van der Waals surface area (Å²) in [5.74, 6) is 0. The van der Waals surface area contributed by atoms with E-state index in [0.29, 0.717) is 0 Å². The van der Waals surface area contributed by atoms with Crippen molar-refractivity contribution in [2.24, 2.45) is 0 Å². The number of aromatic nitrogens is 4. The van der Waals surface area contributed by atoms with Crippen LogP contribution in [0, 0.1) is 0 Å². The van der Waals surface area contributed by atoms with Gasteiger partial charge in [0.15, 0.2) is 10.8 Å². The molecule has 23 heavy (non-hydrogen) atoms. The number of benzene rings is 1. The van der Waals surface area contributed by atoms with Gasteiger partial charge >= 0.3 is 0 Å². The summed E-state index contributed by atoms with van der Waals surface area (Å²) < 4.78 is 2.09. The lowest BCUT2D eigenvalue weighted by Crippen LogP contribution is -2.30. The van der Waals surface area contributed by atoms with Crippen LogP contribution in [0.3, 0.4) is 0 Å². The van der Waals surface area contributed by atoms with Crippen molar-refractivity contribution in [3.05, 3.63) is 46.6 Å². The molecule has 0 fully saturated rings. The van der Waals surface area contributed by atoms with Gasteiger partial charge in [-0.05, 0) is 41.5 Å². The van der Waals surface area contributed by atoms with Gasteiger partial charge in [-0.3, -0.25) is 0 Å². The molecule has 114 valence electrons. The summed E-state index contributed by atoms with van der Waals surface area (Å²) in [6, 6.07) is 6.91. The molecular formula is C18H16N4S. The summed E-state index contributed by atoms with van der Waals surface area (Å²) in [6.07, 6.45) is 11.5. The highest BCUT2D eigenvalue weighted by atomic mass is 32.2. The smallest absolute Gasteiger partial charge is 0.189 e. The number of thioether (sulfide) groups is 1. The maximum absolute atomic E-state index is 4.70. The number of hydrogen-bond donors (Lipinski definition) is 0. The number of fused-ring (bicyclic) bond motifs is 1. The Morgan fingerprint density at radius 3 is 3.13 bits per heavy atom. The van der Waals surface area contributed by atoms with Crippen LogP contribution in [0.1, 0.15) is 30.9 Å². The summed E-state index contributed by atoms with van der Waals surface area (Å²) in [5, 5.41) is 9.32. The van der Waals surface area contributed by atoms with Gasteiger partial charge in [-0.25, -0.2) is 14.6 Å². The summed E-state index contributed by atoms with van der Waals surface area (Å²) >= 11 is 1.57. The third-order valence-corrected chi connectivity index (χ3v) is 5.44. The molecule has 0 N–H and O–H groups in total. The number of rotatable bonds is 2. The number of nitrogens with zero attached hydrogens (tertiary/aromatic N) is 4. The Balaban J connectivity index is 1.73. The molecular weight excluding hydrogens is 304 g/mol. The third kappa shape index (κ3) is 1.89. The SMILES string of the molecule is CSc1ncc2cnn(C3CC4=c5c3cccc5=CCC4)c2n1. The molecule has 3 aromatic rings. The minimum Gasteiger partial charge on any atom is -0.239 e. The van der Waals surface area contributed by atoms with Gasteiger partial charge in [0.1, 0.15) is 0 Å². The van der Waals surface area contributed by atoms with Crippen LogP contribution in [0.4, 0.5) is 0 Å². The second-order valence-corrected chi connectivity index (χ2v) is 6.88. The maximum Gasteiger partial charge on any atom is 0.189 e. The Labute approximate surface area is 138 Å². The largest absolute Gasteiger partial charge is 0.239 e. The fraction of sp³-hybridized carbons (Fsp3) is 0.278. The van der Waals surface area contributed by atoms with Gasteiger partial charge in [0, 0.05) is 6.20 Å². The van der Waals surface area contributed by atoms with E-state index in [9.17, 15) is 0 Å². The van der Waals surface area contributed by atoms with Crippen LogP contribution in [-0.2, 0) is 0 Å². The normalized spacial score (nSPS) is 19.0. The van der Waals surface area contributed by atoms with E-state index in [0.717, 1.165) is 29.0 Å². The monoisotopic (exact) mass is 320 g/mol. The highest BCUT2D eigenvalue weighted by Gasteiger charge is 2.28. The topological polar surface area (TPSA) is 43.6 Å². The van der Waals surface area contributed by atoms with Gasteiger partial charge in [-0.2, -0.15) is 5.10 Å². The predicted molar refractivity (Wildman–Crippen MR) is 92.7 cm³/mol. The zero-order valence-corrected chi connectivity index (χ0v) is 13.7. The summed E-state index contributed by atoms with van der Waals surface area (Å²) in [6.45, 7) is 0. The fourth-order valence-electron chi connectivity index (χ4n) is 3.88. The highest BCUT2D eigenvalue weighted by molar-refractivity contribution is 7.98. The molecule has 1 unspecified atom stereocenters. The van der Waals surface area contributed by atoms with Gasteiger partial charge < -0.3 is 0 Å². The highest BCUT2D eigenvalue weighted by Crippen LogP contribution is 2.33. The van der Waals surface area contributed by atoms with E-state index < -0.39 is 0 Å². The van der Waals surface area contributed by atoms with E-state index in [2.05, 4.69) is 39.0 Å². The Kier molecular flexibility index (Phi) is 2.85. The van der Waals surface area contributed by atoms with Gasteiger partial charge in [-0.15, -0.1) is 0 Å². The van der Waals surface area contributed by atoms with E-state index in [4.69, 9.17) is 4.98 Å². The van der Waals surface area contributed by atoms with Crippen LogP contribution in [0.15, 0.2) is 35.7 Å². The fourth-order valence-corrected chi connectivity index (χ4v) is 4.22. The summed E-state index contributed by atoms with van der Waals surface area (Å²) in [4.78, 5) is 9.05. The molecule has 0 radical (unpaired) electrons. The van der Waals surface area contributed by atoms with E-state index in [1.54, 1.807) is 17.3 Å². The van der Waals surface area contributed by atoms with Crippen LogP contribution in [0.5, 0.6) is 0 Å². The lowest BCUT2D eigenvalue weighted by molar-refractivity contribution is 0.552. The van der Waals surface area contributed by atoms with Crippen molar-refractivity contribution in [3.8, 4) is 0 Å². The van der Waals surface area contributed by atoms with Crippen molar-refractivity contribution >= 4 is 34.4 Å². The van der Waals surface area contributed by atoms with Crippen LogP contribution >= 0.6 is 11.8 Å². The second-order valence-electron chi connectivity index (χ2n) is 6.10. The molecule has 2 heterocycles. The van der Waals surface area contributed by atoms with Crippen LogP contribution in [-0.4, -0.2) is 26.0 Å². The quantitative estimate of drug-likeness (QED) is 0.537. The molecule has 1 atom stereocenters. The van der Waals surface area contributed by atoms with Crippen molar-refractivity contribution in [1.29, 1.82) is 0 Å². The lowest BCUT2D eigenvalue weighted by atomic mass is 10.0. The Morgan fingerprint density at radius 2 is 2.22 bits per heavy atom. The van der Waals surface area contributed by atoms with Gasteiger partial charge in [-0.1, -0.05) is 41.6 Å². The zero-order chi connectivity index (χ0) is 15.4. The standard InChI is InChI=1S/C18H16N4S/c1-23-18-19-9-13-10-20-22(17(13)21-18)15-8-12-6-2-4-11-5-3-7-14(15)16(11)12/h3-5,7,9-10,15H,2,6,8H2,1H3. The van der Waals surface area contributed by atoms with Crippen LogP contribution < -0.4 is 10.4 Å². The zero-order valence-electron chi connectivity index (χ0n) is 12.9. The molecule has 5 rings (SSSR count). The Bertz CT molecular complexity index is 1050. The average Bonchev–Trinajstić information content (AvgIpc) is 3.17. The lowest BCUT2D eigenvalue weighted by Gasteiger charge is -2.14. The van der Waals surface area contributed by atoms with Crippen molar-refractivity contribution in [2.45, 2.75) is 30.5 Å². The van der Waals surface area contributed by atoms with E-state index >= 15 is 0 Å². The molecule has 2 aromatic heterocycles. The average molecular weight is 320 g/mol. The molecule has 2 aliphatic carbocycles.